The molecular formula is C7H12N2O. The summed E-state index contributed by atoms with van der Waals surface area (Å²) in [5.74, 6) is 0.259. The first-order valence-electron chi connectivity index (χ1n) is 3.84. The van der Waals surface area contributed by atoms with Crippen LogP contribution in [0.3, 0.4) is 0 Å². The number of nitrogens with two attached hydrogens (primary N) is 1. The van der Waals surface area contributed by atoms with E-state index in [9.17, 15) is 4.79 Å². The molecule has 1 amide bonds. The molecule has 0 unspecified atom stereocenters. The van der Waals surface area contributed by atoms with Crippen LogP contribution < -0.4 is 5.73 Å². The molecule has 2 N–H and O–H groups in total. The third kappa shape index (κ3) is 0.669. The van der Waals surface area contributed by atoms with E-state index >= 15 is 0 Å². The second-order valence-corrected chi connectivity index (χ2v) is 3.16. The highest BCUT2D eigenvalue weighted by Gasteiger charge is 2.40. The topological polar surface area (TPSA) is 46.3 Å². The molecular weight excluding hydrogens is 128 g/mol. The zero-order valence-electron chi connectivity index (χ0n) is 5.92. The van der Waals surface area contributed by atoms with Gasteiger partial charge in [-0.05, 0) is 12.8 Å². The Kier molecular flexibility index (Phi) is 1.20. The summed E-state index contributed by atoms with van der Waals surface area (Å²) in [6.45, 7) is 0.942. The van der Waals surface area contributed by atoms with Crippen molar-refractivity contribution in [3.63, 3.8) is 0 Å². The number of hydrogen-bond acceptors (Lipinski definition) is 2. The Morgan fingerprint density at radius 3 is 3.10 bits per heavy atom. The summed E-state index contributed by atoms with van der Waals surface area (Å²) >= 11 is 0. The lowest BCUT2D eigenvalue weighted by molar-refractivity contribution is -0.127. The molecule has 2 aliphatic rings. The summed E-state index contributed by atoms with van der Waals surface area (Å²) in [5, 5.41) is 0. The van der Waals surface area contributed by atoms with Crippen molar-refractivity contribution >= 4 is 5.91 Å². The van der Waals surface area contributed by atoms with E-state index < -0.39 is 0 Å². The molecule has 0 bridgehead atoms. The maximum atomic E-state index is 11.1. The van der Waals surface area contributed by atoms with Crippen LogP contribution in [0.5, 0.6) is 0 Å². The van der Waals surface area contributed by atoms with Gasteiger partial charge < -0.3 is 10.6 Å². The molecule has 2 aliphatic heterocycles. The third-order valence-corrected chi connectivity index (χ3v) is 2.52. The summed E-state index contributed by atoms with van der Waals surface area (Å²) in [6, 6.07) is 0.502. The molecule has 0 radical (unpaired) electrons. The fraction of sp³-hybridized carbons (Fsp3) is 0.857. The van der Waals surface area contributed by atoms with Gasteiger partial charge in [0.1, 0.15) is 0 Å². The largest absolute Gasteiger partial charge is 0.338 e. The van der Waals surface area contributed by atoms with Crippen LogP contribution in [0.2, 0.25) is 0 Å². The second kappa shape index (κ2) is 1.95. The first-order chi connectivity index (χ1) is 4.79. The number of carbonyl (C=O) groups is 1. The monoisotopic (exact) mass is 140 g/mol. The van der Waals surface area contributed by atoms with E-state index in [1.807, 2.05) is 4.90 Å². The first kappa shape index (κ1) is 6.16. The molecule has 0 aromatic rings. The van der Waals surface area contributed by atoms with Gasteiger partial charge in [-0.15, -0.1) is 0 Å². The van der Waals surface area contributed by atoms with Crippen molar-refractivity contribution in [2.24, 2.45) is 5.73 Å². The third-order valence-electron chi connectivity index (χ3n) is 2.52. The quantitative estimate of drug-likeness (QED) is 0.502. The number of carbonyl (C=O) groups excluding carboxylic acids is 1. The average molecular weight is 140 g/mol. The molecule has 0 aliphatic carbocycles. The molecule has 3 nitrogen and oxygen atoms in total. The highest BCUT2D eigenvalue weighted by molar-refractivity contribution is 5.80. The Bertz CT molecular complexity index is 169. The zero-order valence-corrected chi connectivity index (χ0v) is 5.92. The SMILES string of the molecule is N[C@H]1CC(=O)N2CCC[C@H]12. The summed E-state index contributed by atoms with van der Waals surface area (Å²) in [4.78, 5) is 13.0. The van der Waals surface area contributed by atoms with Crippen molar-refractivity contribution in [3.05, 3.63) is 0 Å². The van der Waals surface area contributed by atoms with Crippen LogP contribution >= 0.6 is 0 Å². The molecule has 0 aromatic carbocycles. The van der Waals surface area contributed by atoms with Crippen LogP contribution in [0, 0.1) is 0 Å². The average Bonchev–Trinajstić information content (AvgIpc) is 2.39. The van der Waals surface area contributed by atoms with Crippen molar-refractivity contribution in [3.8, 4) is 0 Å². The van der Waals surface area contributed by atoms with Crippen LogP contribution in [-0.2, 0) is 4.79 Å². The number of rotatable bonds is 0. The molecule has 0 saturated carbocycles. The normalized spacial score (nSPS) is 38.9. The van der Waals surface area contributed by atoms with E-state index in [-0.39, 0.29) is 11.9 Å². The van der Waals surface area contributed by atoms with Crippen LogP contribution in [0.1, 0.15) is 19.3 Å². The molecule has 0 aromatic heterocycles. The number of amides is 1. The van der Waals surface area contributed by atoms with Gasteiger partial charge >= 0.3 is 0 Å². The summed E-state index contributed by atoms with van der Waals surface area (Å²) in [6.07, 6.45) is 2.84. The van der Waals surface area contributed by atoms with Crippen molar-refractivity contribution in [2.75, 3.05) is 6.54 Å². The van der Waals surface area contributed by atoms with Crippen molar-refractivity contribution in [2.45, 2.75) is 31.3 Å². The van der Waals surface area contributed by atoms with Crippen LogP contribution in [0.4, 0.5) is 0 Å². The standard InChI is InChI=1S/C7H12N2O/c8-5-4-7(10)9-3-1-2-6(5)9/h5-6H,1-4,8H2/t5-,6+/m0/s1. The van der Waals surface area contributed by atoms with Crippen LogP contribution in [-0.4, -0.2) is 29.4 Å². The van der Waals surface area contributed by atoms with Crippen molar-refractivity contribution in [1.29, 1.82) is 0 Å². The predicted molar refractivity (Wildman–Crippen MR) is 37.3 cm³/mol. The van der Waals surface area contributed by atoms with E-state index in [0.717, 1.165) is 19.4 Å². The summed E-state index contributed by atoms with van der Waals surface area (Å²) < 4.78 is 0. The molecule has 2 fully saturated rings. The first-order valence-corrected chi connectivity index (χ1v) is 3.84. The fourth-order valence-corrected chi connectivity index (χ4v) is 2.00. The minimum atomic E-state index is 0.120. The Morgan fingerprint density at radius 2 is 2.40 bits per heavy atom. The van der Waals surface area contributed by atoms with Gasteiger partial charge in [0.2, 0.25) is 5.91 Å². The molecule has 2 heterocycles. The molecule has 56 valence electrons. The molecule has 0 spiro atoms. The van der Waals surface area contributed by atoms with Gasteiger partial charge in [-0.3, -0.25) is 4.79 Å². The zero-order chi connectivity index (χ0) is 7.14. The minimum Gasteiger partial charge on any atom is -0.338 e. The van der Waals surface area contributed by atoms with Gasteiger partial charge in [-0.1, -0.05) is 0 Å². The Balaban J connectivity index is 2.19. The Morgan fingerprint density at radius 1 is 1.60 bits per heavy atom. The van der Waals surface area contributed by atoms with E-state index in [4.69, 9.17) is 5.73 Å². The Labute approximate surface area is 60.2 Å². The van der Waals surface area contributed by atoms with Gasteiger partial charge in [-0.2, -0.15) is 0 Å². The van der Waals surface area contributed by atoms with E-state index in [1.165, 1.54) is 0 Å². The summed E-state index contributed by atoms with van der Waals surface area (Å²) in [5.41, 5.74) is 5.75. The smallest absolute Gasteiger partial charge is 0.224 e. The van der Waals surface area contributed by atoms with Gasteiger partial charge in [0, 0.05) is 25.0 Å². The molecule has 2 saturated heterocycles. The molecule has 3 heteroatoms. The van der Waals surface area contributed by atoms with E-state index in [2.05, 4.69) is 0 Å². The highest BCUT2D eigenvalue weighted by Crippen LogP contribution is 2.27. The predicted octanol–water partition coefficient (Wildman–Crippen LogP) is -0.292. The van der Waals surface area contributed by atoms with Gasteiger partial charge in [0.15, 0.2) is 0 Å². The summed E-state index contributed by atoms with van der Waals surface area (Å²) in [7, 11) is 0. The van der Waals surface area contributed by atoms with Gasteiger partial charge in [0.25, 0.3) is 0 Å². The Hall–Kier alpha value is -0.570. The second-order valence-electron chi connectivity index (χ2n) is 3.16. The van der Waals surface area contributed by atoms with E-state index in [1.54, 1.807) is 0 Å². The maximum absolute atomic E-state index is 11.1. The van der Waals surface area contributed by atoms with Gasteiger partial charge in [-0.25, -0.2) is 0 Å². The number of hydrogen-bond donors (Lipinski definition) is 1. The minimum absolute atomic E-state index is 0.120. The molecule has 10 heavy (non-hydrogen) atoms. The van der Waals surface area contributed by atoms with Crippen molar-refractivity contribution in [1.82, 2.24) is 4.90 Å². The van der Waals surface area contributed by atoms with Crippen molar-refractivity contribution < 1.29 is 4.79 Å². The lowest BCUT2D eigenvalue weighted by Crippen LogP contribution is -2.35. The highest BCUT2D eigenvalue weighted by atomic mass is 16.2. The lowest BCUT2D eigenvalue weighted by Gasteiger charge is -2.16. The molecule has 2 rings (SSSR count). The van der Waals surface area contributed by atoms with E-state index in [0.29, 0.717) is 12.5 Å². The van der Waals surface area contributed by atoms with Crippen LogP contribution in [0.15, 0.2) is 0 Å². The van der Waals surface area contributed by atoms with Crippen LogP contribution in [0.25, 0.3) is 0 Å². The van der Waals surface area contributed by atoms with Gasteiger partial charge in [0.05, 0.1) is 0 Å². The lowest BCUT2D eigenvalue weighted by atomic mass is 10.1. The maximum Gasteiger partial charge on any atom is 0.224 e. The number of fused-ring (bicyclic) bond motifs is 1. The fourth-order valence-electron chi connectivity index (χ4n) is 2.00. The number of nitrogens with zero attached hydrogens (tertiary/aromatic N) is 1. The molecule has 2 atom stereocenters.